The molecule has 3 aromatic heterocycles. The van der Waals surface area contributed by atoms with Gasteiger partial charge in [-0.05, 0) is 25.8 Å². The van der Waals surface area contributed by atoms with Crippen molar-refractivity contribution in [3.8, 4) is 0 Å². The molecule has 0 aliphatic heterocycles. The quantitative estimate of drug-likeness (QED) is 0.536. The Morgan fingerprint density at radius 1 is 1.14 bits per heavy atom. The summed E-state index contributed by atoms with van der Waals surface area (Å²) in [5.41, 5.74) is 2.45. The fraction of sp³-hybridized carbons (Fsp3) is 0.381. The molecule has 7 nitrogen and oxygen atoms in total. The van der Waals surface area contributed by atoms with E-state index < -0.39 is 0 Å². The van der Waals surface area contributed by atoms with Gasteiger partial charge in [0, 0.05) is 25.5 Å². The molecule has 0 saturated heterocycles. The van der Waals surface area contributed by atoms with E-state index in [1.165, 1.54) is 9.13 Å². The van der Waals surface area contributed by atoms with Gasteiger partial charge in [0.05, 0.1) is 6.04 Å². The van der Waals surface area contributed by atoms with Crippen LogP contribution in [-0.4, -0.2) is 23.1 Å². The topological polar surface area (TPSA) is 66.2 Å². The van der Waals surface area contributed by atoms with Gasteiger partial charge in [0.2, 0.25) is 5.78 Å². The predicted octanol–water partition coefficient (Wildman–Crippen LogP) is 2.87. The average molecular weight is 379 g/mol. The van der Waals surface area contributed by atoms with Crippen LogP contribution in [0, 0.1) is 6.92 Å². The van der Waals surface area contributed by atoms with Crippen LogP contribution in [0.15, 0.2) is 46.1 Å². The molecule has 0 saturated carbocycles. The van der Waals surface area contributed by atoms with Gasteiger partial charge in [-0.15, -0.1) is 0 Å². The molecule has 0 bridgehead atoms. The number of hydrogen-bond donors (Lipinski definition) is 0. The van der Waals surface area contributed by atoms with Crippen molar-refractivity contribution in [2.75, 3.05) is 0 Å². The average Bonchev–Trinajstić information content (AvgIpc) is 3.21. The molecule has 28 heavy (non-hydrogen) atoms. The van der Waals surface area contributed by atoms with Crippen LogP contribution in [0.25, 0.3) is 16.9 Å². The Kier molecular flexibility index (Phi) is 4.45. The number of rotatable bonds is 5. The number of hydrogen-bond acceptors (Lipinski definition) is 3. The number of fused-ring (bicyclic) bond motifs is 3. The lowest BCUT2D eigenvalue weighted by atomic mass is 10.1. The molecule has 0 radical (unpaired) electrons. The Labute approximate surface area is 162 Å². The molecule has 1 aromatic carbocycles. The van der Waals surface area contributed by atoms with Crippen LogP contribution >= 0.6 is 0 Å². The van der Waals surface area contributed by atoms with Crippen LogP contribution in [0.4, 0.5) is 0 Å². The number of aromatic nitrogens is 5. The number of unbranched alkanes of at least 4 members (excludes halogenated alkanes) is 1. The van der Waals surface area contributed by atoms with Gasteiger partial charge in [-0.25, -0.2) is 4.79 Å². The summed E-state index contributed by atoms with van der Waals surface area (Å²) in [4.78, 5) is 30.5. The Morgan fingerprint density at radius 2 is 1.86 bits per heavy atom. The third-order valence-corrected chi connectivity index (χ3v) is 5.47. The van der Waals surface area contributed by atoms with Crippen molar-refractivity contribution >= 4 is 16.9 Å². The van der Waals surface area contributed by atoms with Crippen LogP contribution < -0.4 is 11.2 Å². The molecular weight excluding hydrogens is 354 g/mol. The monoisotopic (exact) mass is 379 g/mol. The first-order chi connectivity index (χ1) is 13.5. The lowest BCUT2D eigenvalue weighted by molar-refractivity contribution is 0.566. The van der Waals surface area contributed by atoms with Crippen LogP contribution in [0.1, 0.15) is 44.0 Å². The van der Waals surface area contributed by atoms with Gasteiger partial charge in [0.1, 0.15) is 0 Å². The fourth-order valence-electron chi connectivity index (χ4n) is 3.90. The van der Waals surface area contributed by atoms with E-state index in [4.69, 9.17) is 4.98 Å². The minimum Gasteiger partial charge on any atom is -0.307 e. The van der Waals surface area contributed by atoms with Gasteiger partial charge in [0.25, 0.3) is 5.56 Å². The molecule has 3 heterocycles. The molecule has 4 rings (SSSR count). The number of nitrogens with zero attached hydrogens (tertiary/aromatic N) is 5. The summed E-state index contributed by atoms with van der Waals surface area (Å²) in [6.07, 6.45) is 3.63. The molecule has 7 heteroatoms. The fourth-order valence-corrected chi connectivity index (χ4v) is 3.90. The standard InChI is InChI=1S/C21H25N5O2/c1-5-6-12-24-19(27)17-18(23(4)21(24)28)22-20-25(17)13-14(2)26(20)15(3)16-10-8-7-9-11-16/h7-11,13,15H,5-6,12H2,1-4H3/t15-/m1/s1. The molecule has 0 N–H and O–H groups in total. The molecule has 0 fully saturated rings. The number of benzene rings is 1. The van der Waals surface area contributed by atoms with E-state index in [9.17, 15) is 9.59 Å². The van der Waals surface area contributed by atoms with Gasteiger partial charge in [-0.3, -0.25) is 18.3 Å². The molecule has 0 aliphatic carbocycles. The SMILES string of the molecule is CCCCn1c(=O)c2c(nc3n([C@H](C)c4ccccc4)c(C)cn23)n(C)c1=O. The Hall–Kier alpha value is -3.09. The molecule has 1 atom stereocenters. The third kappa shape index (κ3) is 2.61. The first-order valence-corrected chi connectivity index (χ1v) is 9.70. The second-order valence-electron chi connectivity index (χ2n) is 7.33. The van der Waals surface area contributed by atoms with Crippen molar-refractivity contribution < 1.29 is 0 Å². The summed E-state index contributed by atoms with van der Waals surface area (Å²) in [5, 5.41) is 0. The maximum atomic E-state index is 13.1. The maximum absolute atomic E-state index is 13.1. The second kappa shape index (κ2) is 6.82. The maximum Gasteiger partial charge on any atom is 0.332 e. The van der Waals surface area contributed by atoms with Crippen LogP contribution in [-0.2, 0) is 13.6 Å². The summed E-state index contributed by atoms with van der Waals surface area (Å²) in [5.74, 6) is 0.671. The predicted molar refractivity (Wildman–Crippen MR) is 110 cm³/mol. The highest BCUT2D eigenvalue weighted by Gasteiger charge is 2.22. The minimum absolute atomic E-state index is 0.0508. The van der Waals surface area contributed by atoms with E-state index in [1.807, 2.05) is 42.6 Å². The van der Waals surface area contributed by atoms with Crippen molar-refractivity contribution in [2.24, 2.45) is 7.05 Å². The van der Waals surface area contributed by atoms with Crippen molar-refractivity contribution in [3.63, 3.8) is 0 Å². The third-order valence-electron chi connectivity index (χ3n) is 5.47. The molecule has 0 spiro atoms. The van der Waals surface area contributed by atoms with Gasteiger partial charge in [0.15, 0.2) is 11.2 Å². The van der Waals surface area contributed by atoms with Crippen LogP contribution in [0.5, 0.6) is 0 Å². The first kappa shape index (κ1) is 18.3. The highest BCUT2D eigenvalue weighted by atomic mass is 16.2. The number of imidazole rings is 2. The number of aryl methyl sites for hydroxylation is 2. The van der Waals surface area contributed by atoms with Gasteiger partial charge in [-0.1, -0.05) is 43.7 Å². The van der Waals surface area contributed by atoms with Crippen molar-refractivity contribution in [3.05, 3.63) is 68.6 Å². The lowest BCUT2D eigenvalue weighted by Gasteiger charge is -2.16. The molecule has 4 aromatic rings. The van der Waals surface area contributed by atoms with Gasteiger partial charge >= 0.3 is 5.69 Å². The molecular formula is C21H25N5O2. The highest BCUT2D eigenvalue weighted by Crippen LogP contribution is 2.25. The molecule has 0 amide bonds. The second-order valence-corrected chi connectivity index (χ2v) is 7.33. The minimum atomic E-state index is -0.314. The largest absolute Gasteiger partial charge is 0.332 e. The zero-order valence-electron chi connectivity index (χ0n) is 16.7. The molecule has 146 valence electrons. The normalized spacial score (nSPS) is 12.9. The van der Waals surface area contributed by atoms with Crippen LogP contribution in [0.2, 0.25) is 0 Å². The van der Waals surface area contributed by atoms with Crippen molar-refractivity contribution in [2.45, 2.75) is 46.2 Å². The Balaban J connectivity index is 2.01. The summed E-state index contributed by atoms with van der Waals surface area (Å²) in [7, 11) is 1.68. The van der Waals surface area contributed by atoms with Crippen molar-refractivity contribution in [1.82, 2.24) is 23.1 Å². The summed E-state index contributed by atoms with van der Waals surface area (Å²) >= 11 is 0. The summed E-state index contributed by atoms with van der Waals surface area (Å²) in [6.45, 7) is 6.59. The highest BCUT2D eigenvalue weighted by molar-refractivity contribution is 5.75. The molecule has 0 aliphatic rings. The van der Waals surface area contributed by atoms with E-state index >= 15 is 0 Å². The Bertz CT molecular complexity index is 1270. The first-order valence-electron chi connectivity index (χ1n) is 9.70. The smallest absolute Gasteiger partial charge is 0.307 e. The zero-order chi connectivity index (χ0) is 20.0. The lowest BCUT2D eigenvalue weighted by Crippen LogP contribution is -2.39. The van der Waals surface area contributed by atoms with E-state index in [-0.39, 0.29) is 17.3 Å². The summed E-state index contributed by atoms with van der Waals surface area (Å²) < 4.78 is 6.74. The van der Waals surface area contributed by atoms with E-state index in [2.05, 4.69) is 23.6 Å². The van der Waals surface area contributed by atoms with Gasteiger partial charge in [-0.2, -0.15) is 4.98 Å². The molecule has 0 unspecified atom stereocenters. The zero-order valence-corrected chi connectivity index (χ0v) is 16.7. The van der Waals surface area contributed by atoms with Gasteiger partial charge < -0.3 is 4.57 Å². The van der Waals surface area contributed by atoms with E-state index in [1.54, 1.807) is 7.05 Å². The van der Waals surface area contributed by atoms with E-state index in [0.717, 1.165) is 24.1 Å². The van der Waals surface area contributed by atoms with Crippen LogP contribution in [0.3, 0.4) is 0 Å². The Morgan fingerprint density at radius 3 is 2.54 bits per heavy atom. The summed E-state index contributed by atoms with van der Waals surface area (Å²) in [6, 6.07) is 10.2. The van der Waals surface area contributed by atoms with E-state index in [0.29, 0.717) is 23.5 Å². The van der Waals surface area contributed by atoms with Crippen molar-refractivity contribution in [1.29, 1.82) is 0 Å².